The van der Waals surface area contributed by atoms with Gasteiger partial charge in [0.1, 0.15) is 0 Å². The maximum Gasteiger partial charge on any atom is 0.227 e. The van der Waals surface area contributed by atoms with Gasteiger partial charge in [-0.25, -0.2) is 0 Å². The van der Waals surface area contributed by atoms with Gasteiger partial charge in [-0.2, -0.15) is 0 Å². The number of nitrogens with two attached hydrogens (primary N) is 1. The lowest BCUT2D eigenvalue weighted by molar-refractivity contribution is -0.118. The average molecular weight is 246 g/mol. The van der Waals surface area contributed by atoms with Gasteiger partial charge in [0.2, 0.25) is 5.91 Å². The number of amides is 1. The number of hydrogen-bond acceptors (Lipinski definition) is 2. The highest BCUT2D eigenvalue weighted by molar-refractivity contribution is 5.94. The van der Waals surface area contributed by atoms with Crippen LogP contribution in [0.15, 0.2) is 18.2 Å². The molecule has 0 radical (unpaired) electrons. The monoisotopic (exact) mass is 246 g/mol. The number of fused-ring (bicyclic) bond motifs is 1. The highest BCUT2D eigenvalue weighted by Gasteiger charge is 2.22. The first kappa shape index (κ1) is 13.1. The van der Waals surface area contributed by atoms with Crippen molar-refractivity contribution in [3.05, 3.63) is 29.3 Å². The minimum atomic E-state index is 0.0937. The number of aryl methyl sites for hydroxylation is 2. The van der Waals surface area contributed by atoms with Crippen LogP contribution in [0.1, 0.15) is 37.3 Å². The fraction of sp³-hybridized carbons (Fsp3) is 0.533. The van der Waals surface area contributed by atoms with Gasteiger partial charge in [0.25, 0.3) is 0 Å². The molecule has 0 aromatic heterocycles. The highest BCUT2D eigenvalue weighted by atomic mass is 16.2. The van der Waals surface area contributed by atoms with Crippen LogP contribution in [-0.4, -0.2) is 18.5 Å². The van der Waals surface area contributed by atoms with Gasteiger partial charge in [0.15, 0.2) is 0 Å². The van der Waals surface area contributed by atoms with Crippen LogP contribution in [-0.2, 0) is 11.2 Å². The maximum atomic E-state index is 12.2. The molecular formula is C15H22N2O. The first-order chi connectivity index (χ1) is 8.58. The maximum absolute atomic E-state index is 12.2. The number of rotatable bonds is 3. The van der Waals surface area contributed by atoms with Crippen molar-refractivity contribution in [2.75, 3.05) is 11.4 Å². The summed E-state index contributed by atoms with van der Waals surface area (Å²) in [6.07, 6.45) is 3.44. The molecule has 0 saturated heterocycles. The summed E-state index contributed by atoms with van der Waals surface area (Å²) >= 11 is 0. The Labute approximate surface area is 109 Å². The number of carbonyl (C=O) groups is 1. The molecule has 0 spiro atoms. The summed E-state index contributed by atoms with van der Waals surface area (Å²) in [5, 5.41) is 0. The van der Waals surface area contributed by atoms with Crippen LogP contribution < -0.4 is 10.6 Å². The lowest BCUT2D eigenvalue weighted by Gasteiger charge is -2.30. The Morgan fingerprint density at radius 2 is 2.28 bits per heavy atom. The molecule has 0 aliphatic carbocycles. The topological polar surface area (TPSA) is 46.3 Å². The Morgan fingerprint density at radius 1 is 1.50 bits per heavy atom. The number of benzene rings is 1. The molecule has 2 N–H and O–H groups in total. The van der Waals surface area contributed by atoms with E-state index in [0.29, 0.717) is 6.42 Å². The number of nitrogens with zero attached hydrogens (tertiary/aromatic N) is 1. The van der Waals surface area contributed by atoms with Crippen molar-refractivity contribution >= 4 is 11.6 Å². The van der Waals surface area contributed by atoms with Gasteiger partial charge in [-0.05, 0) is 44.7 Å². The second-order valence-corrected chi connectivity index (χ2v) is 5.30. The van der Waals surface area contributed by atoms with Crippen molar-refractivity contribution in [2.24, 2.45) is 5.73 Å². The van der Waals surface area contributed by atoms with E-state index in [0.717, 1.165) is 31.5 Å². The molecule has 1 atom stereocenters. The summed E-state index contributed by atoms with van der Waals surface area (Å²) in [4.78, 5) is 14.2. The standard InChI is InChI=1S/C15H22N2O/c1-11-5-7-14-13(10-11)4-3-9-17(14)15(18)8-6-12(2)16/h5,7,10,12H,3-4,6,8-9,16H2,1-2H3. The van der Waals surface area contributed by atoms with Crippen molar-refractivity contribution in [1.29, 1.82) is 0 Å². The minimum absolute atomic E-state index is 0.0937. The van der Waals surface area contributed by atoms with Gasteiger partial charge in [-0.15, -0.1) is 0 Å². The van der Waals surface area contributed by atoms with Crippen molar-refractivity contribution in [2.45, 2.75) is 45.6 Å². The zero-order chi connectivity index (χ0) is 13.1. The van der Waals surface area contributed by atoms with Gasteiger partial charge >= 0.3 is 0 Å². The number of anilines is 1. The van der Waals surface area contributed by atoms with Crippen molar-refractivity contribution < 1.29 is 4.79 Å². The van der Waals surface area contributed by atoms with E-state index < -0.39 is 0 Å². The molecule has 0 saturated carbocycles. The lowest BCUT2D eigenvalue weighted by Crippen LogP contribution is -2.36. The van der Waals surface area contributed by atoms with Gasteiger partial charge in [0.05, 0.1) is 0 Å². The van der Waals surface area contributed by atoms with Crippen molar-refractivity contribution in [1.82, 2.24) is 0 Å². The third kappa shape index (κ3) is 2.91. The molecule has 1 aliphatic rings. The van der Waals surface area contributed by atoms with E-state index in [9.17, 15) is 4.79 Å². The molecular weight excluding hydrogens is 224 g/mol. The summed E-state index contributed by atoms with van der Waals surface area (Å²) in [7, 11) is 0. The van der Waals surface area contributed by atoms with Gasteiger partial charge in [-0.3, -0.25) is 4.79 Å². The molecule has 98 valence electrons. The largest absolute Gasteiger partial charge is 0.328 e. The van der Waals surface area contributed by atoms with Crippen LogP contribution in [0, 0.1) is 6.92 Å². The van der Waals surface area contributed by atoms with Crippen molar-refractivity contribution in [3.63, 3.8) is 0 Å². The Morgan fingerprint density at radius 3 is 3.00 bits per heavy atom. The summed E-state index contributed by atoms with van der Waals surface area (Å²) in [5.74, 6) is 0.206. The fourth-order valence-corrected chi connectivity index (χ4v) is 2.47. The highest BCUT2D eigenvalue weighted by Crippen LogP contribution is 2.28. The fourth-order valence-electron chi connectivity index (χ4n) is 2.47. The predicted octanol–water partition coefficient (Wildman–Crippen LogP) is 2.40. The van der Waals surface area contributed by atoms with Crippen LogP contribution in [0.4, 0.5) is 5.69 Å². The van der Waals surface area contributed by atoms with Crippen LogP contribution in [0.3, 0.4) is 0 Å². The zero-order valence-corrected chi connectivity index (χ0v) is 11.3. The molecule has 2 rings (SSSR count). The van der Waals surface area contributed by atoms with Crippen LogP contribution in [0.25, 0.3) is 0 Å². The molecule has 1 amide bonds. The van der Waals surface area contributed by atoms with Gasteiger partial charge < -0.3 is 10.6 Å². The van der Waals surface area contributed by atoms with E-state index >= 15 is 0 Å². The molecule has 18 heavy (non-hydrogen) atoms. The smallest absolute Gasteiger partial charge is 0.227 e. The van der Waals surface area contributed by atoms with E-state index in [-0.39, 0.29) is 11.9 Å². The molecule has 1 unspecified atom stereocenters. The van der Waals surface area contributed by atoms with Gasteiger partial charge in [-0.1, -0.05) is 17.7 Å². The SMILES string of the molecule is Cc1ccc2c(c1)CCCN2C(=O)CCC(C)N. The first-order valence-corrected chi connectivity index (χ1v) is 6.73. The molecule has 1 aromatic carbocycles. The molecule has 0 bridgehead atoms. The van der Waals surface area contributed by atoms with E-state index in [4.69, 9.17) is 5.73 Å². The Hall–Kier alpha value is -1.35. The lowest BCUT2D eigenvalue weighted by atomic mass is 9.99. The first-order valence-electron chi connectivity index (χ1n) is 6.73. The minimum Gasteiger partial charge on any atom is -0.328 e. The molecule has 3 heteroatoms. The zero-order valence-electron chi connectivity index (χ0n) is 11.3. The van der Waals surface area contributed by atoms with Crippen LogP contribution in [0.2, 0.25) is 0 Å². The third-order valence-corrected chi connectivity index (χ3v) is 3.47. The summed E-state index contributed by atoms with van der Waals surface area (Å²) in [6, 6.07) is 6.44. The Balaban J connectivity index is 2.14. The second kappa shape index (κ2) is 5.53. The summed E-state index contributed by atoms with van der Waals surface area (Å²) in [5.41, 5.74) is 9.38. The number of hydrogen-bond donors (Lipinski definition) is 1. The third-order valence-electron chi connectivity index (χ3n) is 3.47. The summed E-state index contributed by atoms with van der Waals surface area (Å²) in [6.45, 7) is 4.88. The predicted molar refractivity (Wildman–Crippen MR) is 74.7 cm³/mol. The van der Waals surface area contributed by atoms with E-state index in [1.54, 1.807) is 0 Å². The van der Waals surface area contributed by atoms with Crippen LogP contribution in [0.5, 0.6) is 0 Å². The second-order valence-electron chi connectivity index (χ2n) is 5.30. The van der Waals surface area contributed by atoms with Gasteiger partial charge in [0, 0.05) is 24.7 Å². The van der Waals surface area contributed by atoms with E-state index in [1.807, 2.05) is 11.8 Å². The molecule has 1 aliphatic heterocycles. The summed E-state index contributed by atoms with van der Waals surface area (Å²) < 4.78 is 0. The average Bonchev–Trinajstić information content (AvgIpc) is 2.34. The van der Waals surface area contributed by atoms with E-state index in [2.05, 4.69) is 25.1 Å². The van der Waals surface area contributed by atoms with Crippen molar-refractivity contribution in [3.8, 4) is 0 Å². The number of carbonyl (C=O) groups excluding carboxylic acids is 1. The normalized spacial score (nSPS) is 16.3. The molecule has 3 nitrogen and oxygen atoms in total. The Kier molecular flexibility index (Phi) is 4.02. The quantitative estimate of drug-likeness (QED) is 0.890. The molecule has 0 fully saturated rings. The molecule has 1 heterocycles. The molecule has 1 aromatic rings. The van der Waals surface area contributed by atoms with E-state index in [1.165, 1.54) is 11.1 Å². The Bertz CT molecular complexity index is 440. The van der Waals surface area contributed by atoms with Crippen LogP contribution >= 0.6 is 0 Å².